The third-order valence-corrected chi connectivity index (χ3v) is 5.55. The van der Waals surface area contributed by atoms with Crippen molar-refractivity contribution in [1.29, 1.82) is 0 Å². The number of ether oxygens (including phenoxy) is 1. The molecule has 0 radical (unpaired) electrons. The number of benzene rings is 1. The fourth-order valence-electron chi connectivity index (χ4n) is 3.62. The van der Waals surface area contributed by atoms with Crippen LogP contribution in [-0.4, -0.2) is 22.7 Å². The second-order valence-electron chi connectivity index (χ2n) is 6.13. The van der Waals surface area contributed by atoms with Gasteiger partial charge in [0.2, 0.25) is 0 Å². The molecule has 6 heteroatoms. The quantitative estimate of drug-likeness (QED) is 0.820. The molecule has 1 unspecified atom stereocenters. The largest absolute Gasteiger partial charge is 0.481 e. The van der Waals surface area contributed by atoms with Crippen LogP contribution in [0.15, 0.2) is 10.5 Å². The predicted octanol–water partition coefficient (Wildman–Crippen LogP) is 4.42. The molecule has 0 saturated heterocycles. The smallest absolute Gasteiger partial charge is 0.306 e. The number of hydrogen-bond donors (Lipinski definition) is 2. The molecule has 2 N–H and O–H groups in total. The van der Waals surface area contributed by atoms with Crippen LogP contribution in [-0.2, 0) is 21.6 Å². The fraction of sp³-hybridized carbons (Fsp3) is 0.471. The number of nitrogens with one attached hydrogen (secondary N) is 1. The predicted molar refractivity (Wildman–Crippen MR) is 89.2 cm³/mol. The van der Waals surface area contributed by atoms with Gasteiger partial charge in [0.1, 0.15) is 11.4 Å². The van der Waals surface area contributed by atoms with Gasteiger partial charge in [-0.1, -0.05) is 13.3 Å². The van der Waals surface area contributed by atoms with Crippen molar-refractivity contribution in [1.82, 2.24) is 4.98 Å². The van der Waals surface area contributed by atoms with E-state index in [0.717, 1.165) is 27.4 Å². The molecule has 3 rings (SSSR count). The van der Waals surface area contributed by atoms with Gasteiger partial charge >= 0.3 is 5.97 Å². The van der Waals surface area contributed by atoms with E-state index in [0.29, 0.717) is 30.7 Å². The van der Waals surface area contributed by atoms with E-state index in [2.05, 4.69) is 20.9 Å². The number of fused-ring (bicyclic) bond motifs is 3. The Labute approximate surface area is 142 Å². The van der Waals surface area contributed by atoms with Crippen LogP contribution in [0.25, 0.3) is 10.9 Å². The van der Waals surface area contributed by atoms with Crippen molar-refractivity contribution < 1.29 is 19.0 Å². The van der Waals surface area contributed by atoms with Crippen LogP contribution >= 0.6 is 15.9 Å². The SMILES string of the molecule is CCCC1(CC(=O)O)OCCc2c1[nH]c1c(F)cc(C)c(Br)c21. The summed E-state index contributed by atoms with van der Waals surface area (Å²) < 4.78 is 21.2. The number of carboxylic acids is 1. The lowest BCUT2D eigenvalue weighted by Crippen LogP contribution is -2.37. The van der Waals surface area contributed by atoms with Crippen LogP contribution in [0, 0.1) is 12.7 Å². The van der Waals surface area contributed by atoms with Crippen LogP contribution in [0.2, 0.25) is 0 Å². The van der Waals surface area contributed by atoms with Gasteiger partial charge in [-0.3, -0.25) is 4.79 Å². The molecule has 2 heterocycles. The molecule has 2 aromatic rings. The van der Waals surface area contributed by atoms with E-state index >= 15 is 0 Å². The van der Waals surface area contributed by atoms with E-state index in [4.69, 9.17) is 4.74 Å². The number of rotatable bonds is 4. The average molecular weight is 384 g/mol. The van der Waals surface area contributed by atoms with Gasteiger partial charge in [0, 0.05) is 9.86 Å². The molecule has 1 aliphatic rings. The number of aromatic nitrogens is 1. The molecular weight excluding hydrogens is 365 g/mol. The summed E-state index contributed by atoms with van der Waals surface area (Å²) in [6.45, 7) is 4.28. The number of hydrogen-bond acceptors (Lipinski definition) is 2. The molecule has 0 fully saturated rings. The van der Waals surface area contributed by atoms with Gasteiger partial charge < -0.3 is 14.8 Å². The summed E-state index contributed by atoms with van der Waals surface area (Å²) in [5.41, 5.74) is 2.02. The molecule has 4 nitrogen and oxygen atoms in total. The topological polar surface area (TPSA) is 62.3 Å². The van der Waals surface area contributed by atoms with Crippen LogP contribution in [0.3, 0.4) is 0 Å². The van der Waals surface area contributed by atoms with Crippen molar-refractivity contribution in [3.8, 4) is 0 Å². The first-order chi connectivity index (χ1) is 10.9. The lowest BCUT2D eigenvalue weighted by molar-refractivity contribution is -0.149. The first-order valence-electron chi connectivity index (χ1n) is 7.75. The minimum Gasteiger partial charge on any atom is -0.481 e. The highest BCUT2D eigenvalue weighted by Gasteiger charge is 2.42. The minimum atomic E-state index is -0.916. The Morgan fingerprint density at radius 2 is 2.30 bits per heavy atom. The third kappa shape index (κ3) is 2.58. The van der Waals surface area contributed by atoms with Crippen molar-refractivity contribution in [2.75, 3.05) is 6.61 Å². The minimum absolute atomic E-state index is 0.126. The monoisotopic (exact) mass is 383 g/mol. The van der Waals surface area contributed by atoms with Crippen molar-refractivity contribution in [3.05, 3.63) is 33.2 Å². The standard InChI is InChI=1S/C17H19BrFNO3/c1-3-5-17(8-12(21)22)16-10(4-6-23-17)13-14(18)9(2)7-11(19)15(13)20-16/h7,20H,3-6,8H2,1-2H3,(H,21,22). The van der Waals surface area contributed by atoms with Gasteiger partial charge in [-0.25, -0.2) is 4.39 Å². The van der Waals surface area contributed by atoms with Gasteiger partial charge in [-0.2, -0.15) is 0 Å². The Hall–Kier alpha value is -1.40. The normalized spacial score (nSPS) is 20.7. The van der Waals surface area contributed by atoms with Gasteiger partial charge in [-0.05, 0) is 52.9 Å². The molecule has 1 atom stereocenters. The first-order valence-corrected chi connectivity index (χ1v) is 8.54. The Morgan fingerprint density at radius 3 is 2.96 bits per heavy atom. The first kappa shape index (κ1) is 16.5. The molecule has 1 aromatic heterocycles. The van der Waals surface area contributed by atoms with Crippen LogP contribution in [0.4, 0.5) is 4.39 Å². The molecule has 124 valence electrons. The Balaban J connectivity index is 2.30. The van der Waals surface area contributed by atoms with Crippen LogP contribution in [0.5, 0.6) is 0 Å². The van der Waals surface area contributed by atoms with Crippen molar-refractivity contribution in [2.45, 2.75) is 45.1 Å². The van der Waals surface area contributed by atoms with Crippen molar-refractivity contribution in [3.63, 3.8) is 0 Å². The second kappa shape index (κ2) is 5.91. The maximum atomic E-state index is 14.4. The van der Waals surface area contributed by atoms with E-state index in [1.54, 1.807) is 0 Å². The summed E-state index contributed by atoms with van der Waals surface area (Å²) in [5, 5.41) is 10.1. The van der Waals surface area contributed by atoms with E-state index in [-0.39, 0.29) is 12.2 Å². The number of aliphatic carboxylic acids is 1. The zero-order valence-electron chi connectivity index (χ0n) is 13.1. The summed E-state index contributed by atoms with van der Waals surface area (Å²) in [5.74, 6) is -1.24. The third-order valence-electron chi connectivity index (χ3n) is 4.53. The van der Waals surface area contributed by atoms with Crippen LogP contribution in [0.1, 0.15) is 43.0 Å². The number of H-pyrrole nitrogens is 1. The molecule has 23 heavy (non-hydrogen) atoms. The summed E-state index contributed by atoms with van der Waals surface area (Å²) in [6.07, 6.45) is 1.88. The number of carboxylic acid groups (broad SMARTS) is 1. The van der Waals surface area contributed by atoms with Crippen molar-refractivity contribution >= 4 is 32.8 Å². The van der Waals surface area contributed by atoms with Gasteiger partial charge in [0.15, 0.2) is 0 Å². The lowest BCUT2D eigenvalue weighted by Gasteiger charge is -2.36. The summed E-state index contributed by atoms with van der Waals surface area (Å²) in [6, 6.07) is 1.48. The summed E-state index contributed by atoms with van der Waals surface area (Å²) >= 11 is 3.56. The molecular formula is C17H19BrFNO3. The maximum absolute atomic E-state index is 14.4. The second-order valence-corrected chi connectivity index (χ2v) is 6.92. The van der Waals surface area contributed by atoms with E-state index in [1.807, 2.05) is 13.8 Å². The average Bonchev–Trinajstić information content (AvgIpc) is 2.86. The molecule has 0 saturated carbocycles. The highest BCUT2D eigenvalue weighted by Crippen LogP contribution is 2.45. The number of aromatic amines is 1. The Kier molecular flexibility index (Phi) is 4.23. The molecule has 0 bridgehead atoms. The van der Waals surface area contributed by atoms with E-state index in [9.17, 15) is 14.3 Å². The van der Waals surface area contributed by atoms with Crippen molar-refractivity contribution in [2.24, 2.45) is 0 Å². The van der Waals surface area contributed by atoms with Gasteiger partial charge in [0.25, 0.3) is 0 Å². The zero-order valence-corrected chi connectivity index (χ0v) is 14.7. The van der Waals surface area contributed by atoms with Crippen LogP contribution < -0.4 is 0 Å². The number of halogens is 2. The lowest BCUT2D eigenvalue weighted by atomic mass is 9.84. The molecule has 1 aliphatic heterocycles. The summed E-state index contributed by atoms with van der Waals surface area (Å²) in [7, 11) is 0. The molecule has 0 aliphatic carbocycles. The Morgan fingerprint density at radius 1 is 1.57 bits per heavy atom. The maximum Gasteiger partial charge on any atom is 0.306 e. The Bertz CT molecular complexity index is 786. The molecule has 1 aromatic carbocycles. The summed E-state index contributed by atoms with van der Waals surface area (Å²) in [4.78, 5) is 14.5. The highest BCUT2D eigenvalue weighted by atomic mass is 79.9. The van der Waals surface area contributed by atoms with Gasteiger partial charge in [-0.15, -0.1) is 0 Å². The number of aryl methyl sites for hydroxylation is 1. The zero-order chi connectivity index (χ0) is 16.8. The van der Waals surface area contributed by atoms with E-state index in [1.165, 1.54) is 6.07 Å². The fourth-order valence-corrected chi connectivity index (χ4v) is 4.17. The molecule has 0 spiro atoms. The van der Waals surface area contributed by atoms with Gasteiger partial charge in [0.05, 0.1) is 24.2 Å². The van der Waals surface area contributed by atoms with E-state index < -0.39 is 11.6 Å². The highest BCUT2D eigenvalue weighted by molar-refractivity contribution is 9.10. The molecule has 0 amide bonds. The number of carbonyl (C=O) groups is 1.